The minimum absolute atomic E-state index is 0.250. The molecule has 27 heavy (non-hydrogen) atoms. The molecule has 1 unspecified atom stereocenters. The van der Waals surface area contributed by atoms with Crippen LogP contribution in [0, 0.1) is 0 Å². The van der Waals surface area contributed by atoms with Crippen LogP contribution in [0.4, 0.5) is 0 Å². The molecule has 1 atom stereocenters. The van der Waals surface area contributed by atoms with Crippen LogP contribution >= 0.6 is 0 Å². The Morgan fingerprint density at radius 1 is 1.07 bits per heavy atom. The van der Waals surface area contributed by atoms with Crippen LogP contribution in [0.3, 0.4) is 0 Å². The molecule has 0 fully saturated rings. The molecule has 0 bridgehead atoms. The summed E-state index contributed by atoms with van der Waals surface area (Å²) in [6, 6.07) is 13.2. The maximum Gasteiger partial charge on any atom is 0.343 e. The summed E-state index contributed by atoms with van der Waals surface area (Å²) in [5.74, 6) is -0.552. The quantitative estimate of drug-likeness (QED) is 0.520. The molecular formula is C23H26O4. The molecule has 0 saturated carbocycles. The highest BCUT2D eigenvalue weighted by atomic mass is 16.5. The van der Waals surface area contributed by atoms with Crippen molar-refractivity contribution in [3.8, 4) is 5.75 Å². The van der Waals surface area contributed by atoms with E-state index in [1.165, 1.54) is 5.56 Å². The second-order valence-corrected chi connectivity index (χ2v) is 6.86. The summed E-state index contributed by atoms with van der Waals surface area (Å²) in [5, 5.41) is 0. The molecule has 2 aromatic carbocycles. The Labute approximate surface area is 160 Å². The van der Waals surface area contributed by atoms with E-state index in [0.717, 1.165) is 36.8 Å². The largest absolute Gasteiger partial charge is 0.466 e. The SMILES string of the molecule is CCCCc1ccc(C(=O)Oc2cccc3c2C(C(=O)OCC)CC3)cc1. The van der Waals surface area contributed by atoms with Gasteiger partial charge in [-0.05, 0) is 61.9 Å². The van der Waals surface area contributed by atoms with Gasteiger partial charge in [-0.1, -0.05) is 37.6 Å². The topological polar surface area (TPSA) is 52.6 Å². The predicted octanol–water partition coefficient (Wildman–Crippen LogP) is 4.84. The number of rotatable bonds is 7. The minimum atomic E-state index is -0.403. The van der Waals surface area contributed by atoms with Crippen LogP contribution in [0.5, 0.6) is 5.75 Å². The summed E-state index contributed by atoms with van der Waals surface area (Å²) in [7, 11) is 0. The molecule has 4 nitrogen and oxygen atoms in total. The van der Waals surface area contributed by atoms with Crippen LogP contribution in [0.15, 0.2) is 42.5 Å². The third kappa shape index (κ3) is 4.38. The van der Waals surface area contributed by atoms with Gasteiger partial charge in [0.25, 0.3) is 0 Å². The smallest absolute Gasteiger partial charge is 0.343 e. The number of unbranched alkanes of at least 4 members (excludes halogenated alkanes) is 1. The first-order valence-electron chi connectivity index (χ1n) is 9.73. The molecule has 0 radical (unpaired) electrons. The molecule has 1 aliphatic carbocycles. The third-order valence-electron chi connectivity index (χ3n) is 4.99. The maximum absolute atomic E-state index is 12.6. The second-order valence-electron chi connectivity index (χ2n) is 6.86. The Kier molecular flexibility index (Phi) is 6.28. The summed E-state index contributed by atoms with van der Waals surface area (Å²) in [6.07, 6.45) is 4.77. The van der Waals surface area contributed by atoms with E-state index < -0.39 is 5.97 Å². The van der Waals surface area contributed by atoms with Crippen molar-refractivity contribution in [1.82, 2.24) is 0 Å². The normalized spacial score (nSPS) is 15.3. The van der Waals surface area contributed by atoms with E-state index in [1.54, 1.807) is 25.1 Å². The van der Waals surface area contributed by atoms with Gasteiger partial charge in [0.05, 0.1) is 18.1 Å². The number of carbonyl (C=O) groups is 2. The van der Waals surface area contributed by atoms with E-state index in [2.05, 4.69) is 6.92 Å². The van der Waals surface area contributed by atoms with Crippen molar-refractivity contribution in [1.29, 1.82) is 0 Å². The zero-order chi connectivity index (χ0) is 19.2. The zero-order valence-electron chi connectivity index (χ0n) is 16.0. The standard InChI is InChI=1S/C23H26O4/c1-3-5-7-16-10-12-18(13-11-16)22(24)27-20-9-6-8-17-14-15-19(21(17)20)23(25)26-4-2/h6,8-13,19H,3-5,7,14-15H2,1-2H3. The lowest BCUT2D eigenvalue weighted by molar-refractivity contribution is -0.144. The first kappa shape index (κ1) is 19.2. The molecule has 3 rings (SSSR count). The lowest BCUT2D eigenvalue weighted by Crippen LogP contribution is -2.16. The maximum atomic E-state index is 12.6. The number of hydrogen-bond donors (Lipinski definition) is 0. The highest BCUT2D eigenvalue weighted by molar-refractivity contribution is 5.92. The van der Waals surface area contributed by atoms with E-state index in [9.17, 15) is 9.59 Å². The number of ether oxygens (including phenoxy) is 2. The Morgan fingerprint density at radius 2 is 1.85 bits per heavy atom. The van der Waals surface area contributed by atoms with Gasteiger partial charge in [0.15, 0.2) is 0 Å². The van der Waals surface area contributed by atoms with Gasteiger partial charge >= 0.3 is 11.9 Å². The average Bonchev–Trinajstić information content (AvgIpc) is 3.12. The molecule has 0 amide bonds. The fourth-order valence-electron chi connectivity index (χ4n) is 3.56. The monoisotopic (exact) mass is 366 g/mol. The predicted molar refractivity (Wildman–Crippen MR) is 104 cm³/mol. The van der Waals surface area contributed by atoms with E-state index in [1.807, 2.05) is 24.3 Å². The van der Waals surface area contributed by atoms with E-state index in [0.29, 0.717) is 24.3 Å². The minimum Gasteiger partial charge on any atom is -0.466 e. The van der Waals surface area contributed by atoms with Gasteiger partial charge < -0.3 is 9.47 Å². The first-order valence-corrected chi connectivity index (χ1v) is 9.73. The van der Waals surface area contributed by atoms with Crippen molar-refractivity contribution in [2.75, 3.05) is 6.61 Å². The number of benzene rings is 2. The summed E-state index contributed by atoms with van der Waals surface area (Å²) in [4.78, 5) is 24.9. The molecule has 1 aliphatic rings. The molecule has 142 valence electrons. The average molecular weight is 366 g/mol. The van der Waals surface area contributed by atoms with Gasteiger partial charge in [0, 0.05) is 5.56 Å². The number of aryl methyl sites for hydroxylation is 2. The summed E-state index contributed by atoms with van der Waals surface area (Å²) >= 11 is 0. The van der Waals surface area contributed by atoms with Crippen molar-refractivity contribution in [2.24, 2.45) is 0 Å². The number of hydrogen-bond acceptors (Lipinski definition) is 4. The second kappa shape index (κ2) is 8.85. The number of fused-ring (bicyclic) bond motifs is 1. The number of carbonyl (C=O) groups excluding carboxylic acids is 2. The van der Waals surface area contributed by atoms with Gasteiger partial charge in [-0.25, -0.2) is 4.79 Å². The molecule has 0 aliphatic heterocycles. The lowest BCUT2D eigenvalue weighted by Gasteiger charge is -2.15. The summed E-state index contributed by atoms with van der Waals surface area (Å²) in [5.41, 5.74) is 3.58. The third-order valence-corrected chi connectivity index (χ3v) is 4.99. The Hall–Kier alpha value is -2.62. The molecule has 0 N–H and O–H groups in total. The van der Waals surface area contributed by atoms with E-state index in [4.69, 9.17) is 9.47 Å². The molecular weight excluding hydrogens is 340 g/mol. The molecule has 0 aromatic heterocycles. The van der Waals surface area contributed by atoms with Gasteiger partial charge in [-0.15, -0.1) is 0 Å². The van der Waals surface area contributed by atoms with Gasteiger partial charge in [0.2, 0.25) is 0 Å². The zero-order valence-corrected chi connectivity index (χ0v) is 16.0. The van der Waals surface area contributed by atoms with Crippen molar-refractivity contribution >= 4 is 11.9 Å². The van der Waals surface area contributed by atoms with Gasteiger partial charge in [-0.2, -0.15) is 0 Å². The van der Waals surface area contributed by atoms with Crippen molar-refractivity contribution in [2.45, 2.75) is 51.9 Å². The van der Waals surface area contributed by atoms with Crippen molar-refractivity contribution in [3.63, 3.8) is 0 Å². The Morgan fingerprint density at radius 3 is 2.56 bits per heavy atom. The van der Waals surface area contributed by atoms with Crippen molar-refractivity contribution < 1.29 is 19.1 Å². The van der Waals surface area contributed by atoms with Gasteiger partial charge in [0.1, 0.15) is 5.75 Å². The first-order chi connectivity index (χ1) is 13.1. The van der Waals surface area contributed by atoms with E-state index >= 15 is 0 Å². The van der Waals surface area contributed by atoms with E-state index in [-0.39, 0.29) is 11.9 Å². The van der Waals surface area contributed by atoms with Crippen LogP contribution in [0.1, 0.15) is 66.1 Å². The van der Waals surface area contributed by atoms with Crippen LogP contribution in [-0.4, -0.2) is 18.5 Å². The molecule has 4 heteroatoms. The van der Waals surface area contributed by atoms with Crippen LogP contribution in [-0.2, 0) is 22.4 Å². The molecule has 0 heterocycles. The molecule has 0 saturated heterocycles. The highest BCUT2D eigenvalue weighted by Gasteiger charge is 2.33. The Bertz CT molecular complexity index is 808. The summed E-state index contributed by atoms with van der Waals surface area (Å²) in [6.45, 7) is 4.30. The lowest BCUT2D eigenvalue weighted by atomic mass is 10.0. The van der Waals surface area contributed by atoms with Gasteiger partial charge in [-0.3, -0.25) is 4.79 Å². The molecule has 2 aromatic rings. The Balaban J connectivity index is 1.77. The highest BCUT2D eigenvalue weighted by Crippen LogP contribution is 2.40. The molecule has 0 spiro atoms. The van der Waals surface area contributed by atoms with Crippen LogP contribution in [0.2, 0.25) is 0 Å². The number of esters is 2. The summed E-state index contributed by atoms with van der Waals surface area (Å²) < 4.78 is 10.9. The van der Waals surface area contributed by atoms with Crippen molar-refractivity contribution in [3.05, 3.63) is 64.7 Å². The fourth-order valence-corrected chi connectivity index (χ4v) is 3.56. The fraction of sp³-hybridized carbons (Fsp3) is 0.391. The van der Waals surface area contributed by atoms with Crippen LogP contribution in [0.25, 0.3) is 0 Å². The van der Waals surface area contributed by atoms with Crippen LogP contribution < -0.4 is 4.74 Å².